The van der Waals surface area contributed by atoms with Crippen LogP contribution in [0, 0.1) is 6.92 Å². The van der Waals surface area contributed by atoms with Gasteiger partial charge in [-0.25, -0.2) is 0 Å². The van der Waals surface area contributed by atoms with Crippen LogP contribution in [0.25, 0.3) is 33.4 Å². The minimum atomic E-state index is -0.188. The van der Waals surface area contributed by atoms with Crippen molar-refractivity contribution >= 4 is 68.6 Å². The zero-order valence-corrected chi connectivity index (χ0v) is 45.3. The number of benzene rings is 9. The van der Waals surface area contributed by atoms with Crippen molar-refractivity contribution in [3.63, 3.8) is 0 Å². The Hall–Kier alpha value is -7.56. The number of nitrogens with zero attached hydrogens (tertiary/aromatic N) is 3. The van der Waals surface area contributed by atoms with Gasteiger partial charge in [0, 0.05) is 50.9 Å². The van der Waals surface area contributed by atoms with Crippen molar-refractivity contribution in [3.8, 4) is 33.4 Å². The summed E-state index contributed by atoms with van der Waals surface area (Å²) in [5.41, 5.74) is 26.3. The Morgan fingerprint density at radius 2 is 0.960 bits per heavy atom. The highest BCUT2D eigenvalue weighted by Gasteiger charge is 2.58. The molecule has 0 aromatic heterocycles. The molecular formula is C71H68BN3. The summed E-state index contributed by atoms with van der Waals surface area (Å²) in [4.78, 5) is 8.10. The van der Waals surface area contributed by atoms with Crippen LogP contribution in [-0.2, 0) is 16.2 Å². The first kappa shape index (κ1) is 47.2. The van der Waals surface area contributed by atoms with Gasteiger partial charge in [0.1, 0.15) is 0 Å². The molecule has 2 unspecified atom stereocenters. The molecule has 1 aliphatic carbocycles. The van der Waals surface area contributed by atoms with Crippen LogP contribution in [0.3, 0.4) is 0 Å². The quantitative estimate of drug-likeness (QED) is 0.154. The number of hydrogen-bond acceptors (Lipinski definition) is 3. The highest BCUT2D eigenvalue weighted by molar-refractivity contribution is 7.00. The summed E-state index contributed by atoms with van der Waals surface area (Å²) >= 11 is 0. The Morgan fingerprint density at radius 3 is 1.63 bits per heavy atom. The topological polar surface area (TPSA) is 9.72 Å². The highest BCUT2D eigenvalue weighted by atomic mass is 15.3. The molecule has 3 heterocycles. The van der Waals surface area contributed by atoms with Crippen LogP contribution in [0.2, 0.25) is 0 Å². The SMILES string of the molecule is Cc1ccccc1-c1ccc2c(c1)C1(C)CCCCC1(C)N2c1cc2c3c(c1)N(c1cccc(C(C)(C)C)c1)c1cc(C(C)(C)C)ccc1B3c1ccc(-c3ccccc3)cc1N2c1cccc(-c2ccccc2)c1. The molecule has 4 heteroatoms. The van der Waals surface area contributed by atoms with E-state index in [-0.39, 0.29) is 28.5 Å². The molecule has 13 rings (SSSR count). The molecule has 0 amide bonds. The minimum Gasteiger partial charge on any atom is -0.334 e. The summed E-state index contributed by atoms with van der Waals surface area (Å²) in [6, 6.07) is 76.8. The molecule has 9 aromatic rings. The molecule has 0 bridgehead atoms. The van der Waals surface area contributed by atoms with Crippen molar-refractivity contribution in [2.24, 2.45) is 0 Å². The molecule has 0 radical (unpaired) electrons. The molecule has 370 valence electrons. The largest absolute Gasteiger partial charge is 0.334 e. The van der Waals surface area contributed by atoms with E-state index >= 15 is 0 Å². The number of fused-ring (bicyclic) bond motifs is 7. The van der Waals surface area contributed by atoms with Crippen molar-refractivity contribution in [1.82, 2.24) is 0 Å². The van der Waals surface area contributed by atoms with E-state index in [2.05, 4.69) is 277 Å². The Morgan fingerprint density at radius 1 is 0.413 bits per heavy atom. The molecule has 75 heavy (non-hydrogen) atoms. The normalized spacial score (nSPS) is 18.5. The van der Waals surface area contributed by atoms with Crippen LogP contribution in [0.5, 0.6) is 0 Å². The minimum absolute atomic E-state index is 0.0263. The lowest BCUT2D eigenvalue weighted by molar-refractivity contribution is 0.195. The summed E-state index contributed by atoms with van der Waals surface area (Å²) in [7, 11) is 0. The van der Waals surface area contributed by atoms with Gasteiger partial charge in [-0.2, -0.15) is 0 Å². The van der Waals surface area contributed by atoms with E-state index < -0.39 is 0 Å². The van der Waals surface area contributed by atoms with Gasteiger partial charge in [-0.05, 0) is 170 Å². The van der Waals surface area contributed by atoms with E-state index in [1.54, 1.807) is 0 Å². The fourth-order valence-electron chi connectivity index (χ4n) is 13.7. The Bertz CT molecular complexity index is 3710. The van der Waals surface area contributed by atoms with Crippen molar-refractivity contribution in [3.05, 3.63) is 222 Å². The number of anilines is 8. The molecule has 1 saturated carbocycles. The molecule has 3 nitrogen and oxygen atoms in total. The van der Waals surface area contributed by atoms with Crippen LogP contribution >= 0.6 is 0 Å². The fourth-order valence-corrected chi connectivity index (χ4v) is 13.7. The maximum Gasteiger partial charge on any atom is 0.252 e. The van der Waals surface area contributed by atoms with Crippen molar-refractivity contribution in [2.75, 3.05) is 14.7 Å². The summed E-state index contributed by atoms with van der Waals surface area (Å²) in [5.74, 6) is 0. The van der Waals surface area contributed by atoms with Gasteiger partial charge in [-0.3, -0.25) is 0 Å². The first-order valence-electron chi connectivity index (χ1n) is 27.5. The van der Waals surface area contributed by atoms with Gasteiger partial charge in [0.25, 0.3) is 6.71 Å². The Kier molecular flexibility index (Phi) is 10.9. The monoisotopic (exact) mass is 974 g/mol. The number of hydrogen-bond donors (Lipinski definition) is 0. The summed E-state index contributed by atoms with van der Waals surface area (Å²) in [5, 5.41) is 0. The van der Waals surface area contributed by atoms with E-state index in [0.717, 1.165) is 18.5 Å². The zero-order chi connectivity index (χ0) is 51.6. The molecule has 0 saturated heterocycles. The lowest BCUT2D eigenvalue weighted by atomic mass is 9.33. The predicted molar refractivity (Wildman–Crippen MR) is 322 cm³/mol. The van der Waals surface area contributed by atoms with Crippen LogP contribution in [0.4, 0.5) is 45.5 Å². The number of rotatable bonds is 6. The van der Waals surface area contributed by atoms with Gasteiger partial charge in [0.05, 0.1) is 5.54 Å². The summed E-state index contributed by atoms with van der Waals surface area (Å²) in [6.07, 6.45) is 4.67. The molecule has 3 aliphatic heterocycles. The maximum atomic E-state index is 2.81. The average molecular weight is 974 g/mol. The molecule has 9 aromatic carbocycles. The third-order valence-electron chi connectivity index (χ3n) is 18.0. The fraction of sp³-hybridized carbons (Fsp3) is 0.239. The molecule has 4 aliphatic rings. The molecular weight excluding hydrogens is 906 g/mol. The third kappa shape index (κ3) is 7.45. The van der Waals surface area contributed by atoms with E-state index in [4.69, 9.17) is 0 Å². The molecule has 0 spiro atoms. The Balaban J connectivity index is 1.15. The standard InChI is InChI=1S/C71H68BN3/c1-47-22-16-17-31-58(47)52-33-37-62-59(41-52)70(8)38-18-19-39-71(70,9)75(62)57-45-65-67-66(46-57)74(56-30-21-28-53(43-56)68(2,3)4)64-44-54(69(5,6)7)34-36-61(64)72(67)60-35-32-51(49-25-14-11-15-26-49)42-63(60)73(65)55-29-20-27-50(40-55)48-23-12-10-13-24-48/h10-17,20-37,40-46H,18-19,38-39H2,1-9H3. The number of aryl methyl sites for hydroxylation is 1. The van der Waals surface area contributed by atoms with Crippen LogP contribution in [0.1, 0.15) is 103 Å². The van der Waals surface area contributed by atoms with Gasteiger partial charge in [-0.15, -0.1) is 0 Å². The van der Waals surface area contributed by atoms with Gasteiger partial charge in [0.2, 0.25) is 0 Å². The summed E-state index contributed by atoms with van der Waals surface area (Å²) < 4.78 is 0. The third-order valence-corrected chi connectivity index (χ3v) is 18.0. The van der Waals surface area contributed by atoms with Crippen LogP contribution < -0.4 is 31.1 Å². The van der Waals surface area contributed by atoms with Gasteiger partial charge >= 0.3 is 0 Å². The van der Waals surface area contributed by atoms with Crippen LogP contribution in [0.15, 0.2) is 200 Å². The molecule has 2 atom stereocenters. The predicted octanol–water partition coefficient (Wildman–Crippen LogP) is 17.4. The van der Waals surface area contributed by atoms with Crippen LogP contribution in [-0.4, -0.2) is 12.3 Å². The van der Waals surface area contributed by atoms with E-state index in [1.165, 1.54) is 125 Å². The van der Waals surface area contributed by atoms with Gasteiger partial charge < -0.3 is 14.7 Å². The first-order chi connectivity index (χ1) is 36.1. The van der Waals surface area contributed by atoms with E-state index in [0.29, 0.717) is 0 Å². The molecule has 1 fully saturated rings. The average Bonchev–Trinajstić information content (AvgIpc) is 3.67. The van der Waals surface area contributed by atoms with Crippen molar-refractivity contribution < 1.29 is 0 Å². The smallest absolute Gasteiger partial charge is 0.252 e. The van der Waals surface area contributed by atoms with Gasteiger partial charge in [0.15, 0.2) is 0 Å². The zero-order valence-electron chi connectivity index (χ0n) is 45.3. The first-order valence-corrected chi connectivity index (χ1v) is 27.5. The van der Waals surface area contributed by atoms with E-state index in [1.807, 2.05) is 0 Å². The lowest BCUT2D eigenvalue weighted by Gasteiger charge is -2.51. The highest BCUT2D eigenvalue weighted by Crippen LogP contribution is 2.62. The van der Waals surface area contributed by atoms with Gasteiger partial charge in [-0.1, -0.05) is 201 Å². The molecule has 0 N–H and O–H groups in total. The second kappa shape index (κ2) is 17.2. The lowest BCUT2D eigenvalue weighted by Crippen LogP contribution is -2.61. The second-order valence-corrected chi connectivity index (χ2v) is 24.6. The Labute approximate surface area is 446 Å². The van der Waals surface area contributed by atoms with Crippen molar-refractivity contribution in [1.29, 1.82) is 0 Å². The second-order valence-electron chi connectivity index (χ2n) is 24.6. The maximum absolute atomic E-state index is 2.81. The van der Waals surface area contributed by atoms with Crippen molar-refractivity contribution in [2.45, 2.75) is 110 Å². The van der Waals surface area contributed by atoms with E-state index in [9.17, 15) is 0 Å². The summed E-state index contributed by atoms with van der Waals surface area (Å²) in [6.45, 7) is 21.5.